The fourth-order valence-corrected chi connectivity index (χ4v) is 9.61. The molecule has 2 aliphatic rings. The number of nitrogens with zero attached hydrogens (tertiary/aromatic N) is 3. The predicted octanol–water partition coefficient (Wildman–Crippen LogP) is 12.5. The number of aliphatic hydroxyl groups is 1. The van der Waals surface area contributed by atoms with E-state index in [1.54, 1.807) is 0 Å². The number of esters is 2. The van der Waals surface area contributed by atoms with E-state index in [4.69, 9.17) is 9.47 Å². The Balaban J connectivity index is 1.74. The molecule has 1 saturated heterocycles. The highest BCUT2D eigenvalue weighted by atomic mass is 16.5. The molecule has 1 N–H and O–H groups in total. The van der Waals surface area contributed by atoms with Crippen molar-refractivity contribution in [1.29, 1.82) is 0 Å². The van der Waals surface area contributed by atoms with Gasteiger partial charge >= 0.3 is 18.0 Å². The zero-order valence-electron chi connectivity index (χ0n) is 41.7. The molecule has 1 aliphatic carbocycles. The average molecular weight is 904 g/mol. The highest BCUT2D eigenvalue weighted by Crippen LogP contribution is 2.34. The van der Waals surface area contributed by atoms with Crippen LogP contribution in [-0.2, 0) is 28.7 Å². The van der Waals surface area contributed by atoms with Gasteiger partial charge in [-0.2, -0.15) is 0 Å². The van der Waals surface area contributed by atoms with Crippen LogP contribution in [0.1, 0.15) is 245 Å². The lowest BCUT2D eigenvalue weighted by Gasteiger charge is -2.41. The number of carbonyl (C=O) groups is 5. The quantitative estimate of drug-likeness (QED) is 0.0361. The van der Waals surface area contributed by atoms with Gasteiger partial charge in [0, 0.05) is 6.04 Å². The van der Waals surface area contributed by atoms with Crippen molar-refractivity contribution in [2.24, 2.45) is 11.8 Å². The molecule has 0 aromatic carbocycles. The van der Waals surface area contributed by atoms with Crippen molar-refractivity contribution in [3.63, 3.8) is 0 Å². The Morgan fingerprint density at radius 1 is 0.500 bits per heavy atom. The van der Waals surface area contributed by atoms with Gasteiger partial charge in [-0.25, -0.2) is 4.79 Å². The van der Waals surface area contributed by atoms with Gasteiger partial charge < -0.3 is 19.5 Å². The van der Waals surface area contributed by atoms with E-state index in [1.807, 2.05) is 14.1 Å². The summed E-state index contributed by atoms with van der Waals surface area (Å²) in [5.74, 6) is -5.30. The van der Waals surface area contributed by atoms with E-state index in [0.29, 0.717) is 41.5 Å². The number of rotatable bonds is 41. The van der Waals surface area contributed by atoms with Crippen molar-refractivity contribution < 1.29 is 38.6 Å². The molecule has 11 nitrogen and oxygen atoms in total. The van der Waals surface area contributed by atoms with Crippen LogP contribution in [0.3, 0.4) is 0 Å². The number of aliphatic hydroxyl groups excluding tert-OH is 1. The number of urea groups is 1. The molecule has 1 heterocycles. The minimum atomic E-state index is -1.60. The van der Waals surface area contributed by atoms with Crippen LogP contribution in [-0.4, -0.2) is 102 Å². The number of imide groups is 2. The first-order valence-electron chi connectivity index (χ1n) is 26.9. The maximum absolute atomic E-state index is 13.8. The van der Waals surface area contributed by atoms with Crippen molar-refractivity contribution >= 4 is 29.8 Å². The molecule has 11 heteroatoms. The monoisotopic (exact) mass is 904 g/mol. The van der Waals surface area contributed by atoms with Crippen molar-refractivity contribution in [1.82, 2.24) is 14.7 Å². The molecule has 2 fully saturated rings. The van der Waals surface area contributed by atoms with Crippen LogP contribution < -0.4 is 0 Å². The predicted molar refractivity (Wildman–Crippen MR) is 259 cm³/mol. The number of hydrogen-bond acceptors (Lipinski definition) is 9. The molecule has 0 aromatic rings. The maximum atomic E-state index is 13.8. The van der Waals surface area contributed by atoms with Crippen molar-refractivity contribution in [3.8, 4) is 0 Å². The van der Waals surface area contributed by atoms with E-state index in [0.717, 1.165) is 51.4 Å². The Morgan fingerprint density at radius 3 is 1.06 bits per heavy atom. The summed E-state index contributed by atoms with van der Waals surface area (Å²) in [7, 11) is 4.02. The Bertz CT molecular complexity index is 1160. The van der Waals surface area contributed by atoms with Gasteiger partial charge in [0.2, 0.25) is 11.8 Å². The van der Waals surface area contributed by atoms with Crippen LogP contribution >= 0.6 is 0 Å². The van der Waals surface area contributed by atoms with E-state index in [1.165, 1.54) is 154 Å². The summed E-state index contributed by atoms with van der Waals surface area (Å²) >= 11 is 0. The van der Waals surface area contributed by atoms with Crippen LogP contribution in [0.25, 0.3) is 0 Å². The summed E-state index contributed by atoms with van der Waals surface area (Å²) in [6, 6.07) is -0.724. The van der Waals surface area contributed by atoms with Crippen LogP contribution in [0.2, 0.25) is 0 Å². The molecule has 2 rings (SSSR count). The zero-order valence-corrected chi connectivity index (χ0v) is 41.7. The first-order valence-corrected chi connectivity index (χ1v) is 26.9. The molecule has 0 radical (unpaired) electrons. The summed E-state index contributed by atoms with van der Waals surface area (Å²) in [5.41, 5.74) is 0. The third-order valence-electron chi connectivity index (χ3n) is 13.9. The summed E-state index contributed by atoms with van der Waals surface area (Å²) < 4.78 is 10.9. The van der Waals surface area contributed by atoms with Crippen molar-refractivity contribution in [2.75, 3.05) is 40.4 Å². The van der Waals surface area contributed by atoms with Crippen LogP contribution in [0.5, 0.6) is 0 Å². The first-order chi connectivity index (χ1) is 31.1. The largest absolute Gasteiger partial charge is 0.464 e. The van der Waals surface area contributed by atoms with E-state index < -0.39 is 54.9 Å². The molecule has 4 amide bonds. The van der Waals surface area contributed by atoms with Crippen LogP contribution in [0.4, 0.5) is 4.79 Å². The molecule has 0 spiro atoms. The topological polar surface area (TPSA) is 134 Å². The Hall–Kier alpha value is -2.53. The van der Waals surface area contributed by atoms with Gasteiger partial charge in [0.25, 0.3) is 0 Å². The second kappa shape index (κ2) is 37.5. The molecular weight excluding hydrogens is 807 g/mol. The van der Waals surface area contributed by atoms with E-state index >= 15 is 0 Å². The van der Waals surface area contributed by atoms with Crippen LogP contribution in [0, 0.1) is 11.8 Å². The van der Waals surface area contributed by atoms with Gasteiger partial charge in [0.1, 0.15) is 19.0 Å². The van der Waals surface area contributed by atoms with Gasteiger partial charge in [-0.15, -0.1) is 0 Å². The first kappa shape index (κ1) is 57.6. The Labute approximate surface area is 391 Å². The summed E-state index contributed by atoms with van der Waals surface area (Å²) in [6.45, 7) is 3.48. The molecular formula is C53H97N3O8. The van der Waals surface area contributed by atoms with Crippen molar-refractivity contribution in [3.05, 3.63) is 0 Å². The van der Waals surface area contributed by atoms with Gasteiger partial charge in [-0.3, -0.25) is 29.0 Å². The molecule has 0 bridgehead atoms. The van der Waals surface area contributed by atoms with Gasteiger partial charge in [-0.1, -0.05) is 206 Å². The minimum absolute atomic E-state index is 0.170. The number of ether oxygens (including phenoxy) is 2. The highest BCUT2D eigenvalue weighted by molar-refractivity contribution is 6.18. The number of unbranched alkanes of at least 4 members (excludes halogenated alkanes) is 30. The molecule has 1 aliphatic heterocycles. The smallest absolute Gasteiger partial charge is 0.334 e. The standard InChI is InChI=1S/C53H97N3O8/c1-5-7-9-11-13-15-17-19-21-23-25-27-29-31-33-35-41-63-47(57)43-55-51(60)49(50(59)45-37-39-46(40-38-45)54(3)4)52(61)56(53(55)62)44-48(58)64-42-36-34-32-30-28-26-24-22-20-18-16-14-12-10-8-6-2/h45-46,49-50,59H,5-44H2,1-4H3. The zero-order chi connectivity index (χ0) is 46.6. The number of hydrogen-bond donors (Lipinski definition) is 1. The third-order valence-corrected chi connectivity index (χ3v) is 13.9. The Morgan fingerprint density at radius 2 is 0.781 bits per heavy atom. The highest BCUT2D eigenvalue weighted by Gasteiger charge is 2.52. The molecule has 64 heavy (non-hydrogen) atoms. The Kier molecular flexibility index (Phi) is 33.8. The van der Waals surface area contributed by atoms with Gasteiger partial charge in [0.15, 0.2) is 0 Å². The van der Waals surface area contributed by atoms with E-state index in [2.05, 4.69) is 18.7 Å². The summed E-state index contributed by atoms with van der Waals surface area (Å²) in [4.78, 5) is 70.8. The minimum Gasteiger partial charge on any atom is -0.464 e. The fourth-order valence-electron chi connectivity index (χ4n) is 9.61. The van der Waals surface area contributed by atoms with E-state index in [-0.39, 0.29) is 19.1 Å². The normalized spacial score (nSPS) is 17.8. The van der Waals surface area contributed by atoms with Gasteiger partial charge in [0.05, 0.1) is 19.3 Å². The maximum Gasteiger partial charge on any atom is 0.334 e. The second-order valence-corrected chi connectivity index (χ2v) is 19.7. The average Bonchev–Trinajstić information content (AvgIpc) is 3.28. The van der Waals surface area contributed by atoms with Crippen molar-refractivity contribution in [2.45, 2.75) is 257 Å². The second-order valence-electron chi connectivity index (χ2n) is 19.7. The third kappa shape index (κ3) is 25.4. The lowest BCUT2D eigenvalue weighted by Crippen LogP contribution is -2.64. The SMILES string of the molecule is CCCCCCCCCCCCCCCCCCOC(=O)CN1C(=O)C(C(O)C2CCC(N(C)C)CC2)C(=O)N(CC(=O)OCCCCCCCCCCCCCCCCCC)C1=O. The molecule has 1 unspecified atom stereocenters. The molecule has 1 saturated carbocycles. The molecule has 372 valence electrons. The van der Waals surface area contributed by atoms with E-state index in [9.17, 15) is 29.1 Å². The van der Waals surface area contributed by atoms with Crippen LogP contribution in [0.15, 0.2) is 0 Å². The lowest BCUT2D eigenvalue weighted by molar-refractivity contribution is -0.164. The van der Waals surface area contributed by atoms with Gasteiger partial charge in [-0.05, 0) is 58.5 Å². The summed E-state index contributed by atoms with van der Waals surface area (Å²) in [5, 5.41) is 11.5. The molecule has 0 aromatic heterocycles. The molecule has 1 atom stereocenters. The summed E-state index contributed by atoms with van der Waals surface area (Å²) in [6.07, 6.45) is 41.0. The lowest BCUT2D eigenvalue weighted by atomic mass is 9.77. The number of carbonyl (C=O) groups excluding carboxylic acids is 5. The fraction of sp³-hybridized carbons (Fsp3) is 0.906. The number of amides is 4. The number of barbiturate groups is 1.